The van der Waals surface area contributed by atoms with Gasteiger partial charge in [-0.15, -0.1) is 0 Å². The molecule has 20 heavy (non-hydrogen) atoms. The Morgan fingerprint density at radius 3 is 2.70 bits per heavy atom. The highest BCUT2D eigenvalue weighted by atomic mass is 16.5. The number of hydrogen-bond acceptors (Lipinski definition) is 4. The minimum Gasteiger partial charge on any atom is -0.381 e. The molecule has 0 amide bonds. The summed E-state index contributed by atoms with van der Waals surface area (Å²) in [6.07, 6.45) is 8.53. The van der Waals surface area contributed by atoms with Crippen LogP contribution in [0.1, 0.15) is 44.9 Å². The van der Waals surface area contributed by atoms with Gasteiger partial charge in [0.25, 0.3) is 0 Å². The van der Waals surface area contributed by atoms with Crippen molar-refractivity contribution < 1.29 is 9.47 Å². The fourth-order valence-electron chi connectivity index (χ4n) is 4.15. The lowest BCUT2D eigenvalue weighted by atomic mass is 9.83. The quantitative estimate of drug-likeness (QED) is 0.837. The Bertz CT molecular complexity index is 291. The molecule has 2 unspecified atom stereocenters. The Kier molecular flexibility index (Phi) is 4.97. The first kappa shape index (κ1) is 14.8. The van der Waals surface area contributed by atoms with Gasteiger partial charge >= 0.3 is 0 Å². The van der Waals surface area contributed by atoms with Crippen molar-refractivity contribution in [2.75, 3.05) is 40.0 Å². The van der Waals surface area contributed by atoms with Gasteiger partial charge in [0.15, 0.2) is 0 Å². The molecule has 116 valence electrons. The van der Waals surface area contributed by atoms with Crippen LogP contribution in [-0.2, 0) is 9.47 Å². The molecule has 0 radical (unpaired) electrons. The van der Waals surface area contributed by atoms with Crippen LogP contribution in [0.3, 0.4) is 0 Å². The van der Waals surface area contributed by atoms with E-state index in [0.29, 0.717) is 6.04 Å². The lowest BCUT2D eigenvalue weighted by molar-refractivity contribution is -0.152. The van der Waals surface area contributed by atoms with Crippen LogP contribution in [-0.4, -0.2) is 62.5 Å². The molecule has 0 aromatic carbocycles. The minimum absolute atomic E-state index is 0.123. The van der Waals surface area contributed by atoms with Gasteiger partial charge in [0.2, 0.25) is 0 Å². The lowest BCUT2D eigenvalue weighted by Crippen LogP contribution is -2.52. The highest BCUT2D eigenvalue weighted by Gasteiger charge is 2.41. The number of nitrogens with zero attached hydrogens (tertiary/aromatic N) is 1. The molecule has 3 heterocycles. The van der Waals surface area contributed by atoms with Gasteiger partial charge in [-0.3, -0.25) is 0 Å². The summed E-state index contributed by atoms with van der Waals surface area (Å²) in [5, 5.41) is 3.52. The van der Waals surface area contributed by atoms with Crippen LogP contribution in [0.4, 0.5) is 0 Å². The van der Waals surface area contributed by atoms with E-state index in [1.165, 1.54) is 45.2 Å². The van der Waals surface area contributed by atoms with Crippen molar-refractivity contribution in [2.24, 2.45) is 0 Å². The van der Waals surface area contributed by atoms with Gasteiger partial charge in [-0.1, -0.05) is 0 Å². The molecule has 0 aliphatic carbocycles. The molecule has 1 spiro atoms. The molecule has 3 aliphatic rings. The molecule has 3 fully saturated rings. The molecule has 4 heteroatoms. The van der Waals surface area contributed by atoms with Crippen LogP contribution in [0.25, 0.3) is 0 Å². The standard InChI is InChI=1S/C16H30N2O2/c1-18(14-3-2-8-17-9-4-14)15-5-10-20-16(13-15)6-11-19-12-7-16/h14-15,17H,2-13H2,1H3. The highest BCUT2D eigenvalue weighted by Crippen LogP contribution is 2.36. The van der Waals surface area contributed by atoms with Gasteiger partial charge in [0, 0.05) is 31.9 Å². The van der Waals surface area contributed by atoms with Crippen LogP contribution < -0.4 is 5.32 Å². The summed E-state index contributed by atoms with van der Waals surface area (Å²) in [5.74, 6) is 0. The van der Waals surface area contributed by atoms with Gasteiger partial charge < -0.3 is 19.7 Å². The topological polar surface area (TPSA) is 33.7 Å². The summed E-state index contributed by atoms with van der Waals surface area (Å²) in [6.45, 7) is 5.06. The third-order valence-electron chi connectivity index (χ3n) is 5.57. The van der Waals surface area contributed by atoms with Crippen LogP contribution in [0.15, 0.2) is 0 Å². The summed E-state index contributed by atoms with van der Waals surface area (Å²) < 4.78 is 11.7. The molecule has 0 aromatic heterocycles. The number of rotatable bonds is 2. The molecule has 1 N–H and O–H groups in total. The van der Waals surface area contributed by atoms with E-state index in [0.717, 1.165) is 38.7 Å². The Balaban J connectivity index is 1.60. The molecule has 2 atom stereocenters. The maximum absolute atomic E-state index is 6.18. The Hall–Kier alpha value is -0.160. The molecular weight excluding hydrogens is 252 g/mol. The number of nitrogens with one attached hydrogen (secondary N) is 1. The summed E-state index contributed by atoms with van der Waals surface area (Å²) >= 11 is 0. The molecule has 0 aromatic rings. The normalized spacial score (nSPS) is 35.1. The van der Waals surface area contributed by atoms with E-state index < -0.39 is 0 Å². The smallest absolute Gasteiger partial charge is 0.0741 e. The molecule has 0 bridgehead atoms. The average molecular weight is 282 g/mol. The Labute approximate surface area is 123 Å². The Morgan fingerprint density at radius 2 is 1.85 bits per heavy atom. The first-order valence-electron chi connectivity index (χ1n) is 8.43. The van der Waals surface area contributed by atoms with Gasteiger partial charge in [0.1, 0.15) is 0 Å². The van der Waals surface area contributed by atoms with Crippen LogP contribution in [0.2, 0.25) is 0 Å². The minimum atomic E-state index is 0.123. The zero-order valence-electron chi connectivity index (χ0n) is 12.9. The molecule has 3 rings (SSSR count). The average Bonchev–Trinajstić information content (AvgIpc) is 2.76. The van der Waals surface area contributed by atoms with Gasteiger partial charge in [0.05, 0.1) is 5.60 Å². The molecule has 3 saturated heterocycles. The molecule has 0 saturated carbocycles. The molecule has 3 aliphatic heterocycles. The SMILES string of the molecule is CN(C1CCCNCC1)C1CCOC2(CCOCC2)C1. The maximum Gasteiger partial charge on any atom is 0.0741 e. The van der Waals surface area contributed by atoms with E-state index in [9.17, 15) is 0 Å². The van der Waals surface area contributed by atoms with Gasteiger partial charge in [-0.2, -0.15) is 0 Å². The largest absolute Gasteiger partial charge is 0.381 e. The zero-order valence-corrected chi connectivity index (χ0v) is 12.9. The van der Waals surface area contributed by atoms with E-state index in [1.807, 2.05) is 0 Å². The summed E-state index contributed by atoms with van der Waals surface area (Å²) in [5.41, 5.74) is 0.123. The monoisotopic (exact) mass is 282 g/mol. The zero-order chi connectivity index (χ0) is 13.8. The lowest BCUT2D eigenvalue weighted by Gasteiger charge is -2.47. The summed E-state index contributed by atoms with van der Waals surface area (Å²) in [7, 11) is 2.35. The van der Waals surface area contributed by atoms with Crippen LogP contribution in [0.5, 0.6) is 0 Å². The van der Waals surface area contributed by atoms with Crippen molar-refractivity contribution in [2.45, 2.75) is 62.6 Å². The fraction of sp³-hybridized carbons (Fsp3) is 1.00. The van der Waals surface area contributed by atoms with Crippen molar-refractivity contribution in [3.05, 3.63) is 0 Å². The van der Waals surface area contributed by atoms with Gasteiger partial charge in [-0.25, -0.2) is 0 Å². The predicted octanol–water partition coefficient (Wildman–Crippen LogP) is 1.79. The molecule has 4 nitrogen and oxygen atoms in total. The number of hydrogen-bond donors (Lipinski definition) is 1. The third-order valence-corrected chi connectivity index (χ3v) is 5.57. The van der Waals surface area contributed by atoms with E-state index in [4.69, 9.17) is 9.47 Å². The van der Waals surface area contributed by atoms with Crippen molar-refractivity contribution in [3.63, 3.8) is 0 Å². The first-order valence-corrected chi connectivity index (χ1v) is 8.43. The number of ether oxygens (including phenoxy) is 2. The van der Waals surface area contributed by atoms with E-state index >= 15 is 0 Å². The third kappa shape index (κ3) is 3.35. The maximum atomic E-state index is 6.18. The van der Waals surface area contributed by atoms with Gasteiger partial charge in [-0.05, 0) is 65.1 Å². The summed E-state index contributed by atoms with van der Waals surface area (Å²) in [6, 6.07) is 1.45. The van der Waals surface area contributed by atoms with Crippen molar-refractivity contribution in [3.8, 4) is 0 Å². The second-order valence-corrected chi connectivity index (χ2v) is 6.79. The second-order valence-electron chi connectivity index (χ2n) is 6.79. The van der Waals surface area contributed by atoms with Crippen LogP contribution in [0, 0.1) is 0 Å². The van der Waals surface area contributed by atoms with E-state index in [1.54, 1.807) is 0 Å². The highest BCUT2D eigenvalue weighted by molar-refractivity contribution is 4.93. The summed E-state index contributed by atoms with van der Waals surface area (Å²) in [4.78, 5) is 2.67. The Morgan fingerprint density at radius 1 is 1.00 bits per heavy atom. The van der Waals surface area contributed by atoms with Crippen molar-refractivity contribution in [1.29, 1.82) is 0 Å². The van der Waals surface area contributed by atoms with Crippen LogP contribution >= 0.6 is 0 Å². The molecular formula is C16H30N2O2. The van der Waals surface area contributed by atoms with Crippen molar-refractivity contribution in [1.82, 2.24) is 10.2 Å². The van der Waals surface area contributed by atoms with E-state index in [2.05, 4.69) is 17.3 Å². The predicted molar refractivity (Wildman–Crippen MR) is 80.0 cm³/mol. The first-order chi connectivity index (χ1) is 9.79. The fourth-order valence-corrected chi connectivity index (χ4v) is 4.15. The second kappa shape index (κ2) is 6.73. The van der Waals surface area contributed by atoms with E-state index in [-0.39, 0.29) is 5.60 Å². The van der Waals surface area contributed by atoms with Crippen molar-refractivity contribution >= 4 is 0 Å².